The van der Waals surface area contributed by atoms with E-state index in [9.17, 15) is 5.21 Å². The van der Waals surface area contributed by atoms with Gasteiger partial charge in [-0.3, -0.25) is 0 Å². The molecule has 0 unspecified atom stereocenters. The quantitative estimate of drug-likeness (QED) is 0.627. The van der Waals surface area contributed by atoms with E-state index < -0.39 is 0 Å². The fourth-order valence-corrected chi connectivity index (χ4v) is 1.94. The lowest BCUT2D eigenvalue weighted by molar-refractivity contribution is -0.603. The summed E-state index contributed by atoms with van der Waals surface area (Å²) in [7, 11) is 0. The summed E-state index contributed by atoms with van der Waals surface area (Å²) >= 11 is 0. The zero-order valence-corrected chi connectivity index (χ0v) is 10.2. The van der Waals surface area contributed by atoms with Crippen LogP contribution in [0.3, 0.4) is 0 Å². The van der Waals surface area contributed by atoms with Crippen LogP contribution in [0.15, 0.2) is 30.6 Å². The van der Waals surface area contributed by atoms with Gasteiger partial charge < -0.3 is 15.8 Å². The maximum absolute atomic E-state index is 11.3. The Morgan fingerprint density at radius 2 is 1.94 bits per heavy atom. The van der Waals surface area contributed by atoms with E-state index in [2.05, 4.69) is 30.5 Å². The molecule has 90 valence electrons. The molecule has 0 fully saturated rings. The first-order valence-electron chi connectivity index (χ1n) is 5.89. The van der Waals surface area contributed by atoms with Crippen molar-refractivity contribution in [3.8, 4) is 0 Å². The Morgan fingerprint density at radius 1 is 1.18 bits per heavy atom. The first kappa shape index (κ1) is 11.5. The van der Waals surface area contributed by atoms with Crippen LogP contribution in [-0.4, -0.2) is 13.1 Å². The lowest BCUT2D eigenvalue weighted by atomic mass is 10.1. The van der Waals surface area contributed by atoms with E-state index in [4.69, 9.17) is 0 Å². The number of fused-ring (bicyclic) bond motifs is 1. The summed E-state index contributed by atoms with van der Waals surface area (Å²) in [5.41, 5.74) is 2.09. The monoisotopic (exact) mass is 231 g/mol. The normalized spacial score (nSPS) is 10.5. The second-order valence-corrected chi connectivity index (χ2v) is 3.89. The number of anilines is 2. The Kier molecular flexibility index (Phi) is 3.32. The molecule has 2 aromatic rings. The highest BCUT2D eigenvalue weighted by atomic mass is 16.5. The number of nitrogens with one attached hydrogen (secondary N) is 2. The van der Waals surface area contributed by atoms with E-state index in [1.807, 2.05) is 12.1 Å². The Balaban J connectivity index is 2.58. The second kappa shape index (κ2) is 4.91. The molecule has 2 N–H and O–H groups in total. The summed E-state index contributed by atoms with van der Waals surface area (Å²) in [6.45, 7) is 5.83. The van der Waals surface area contributed by atoms with Crippen molar-refractivity contribution in [3.05, 3.63) is 35.8 Å². The highest BCUT2D eigenvalue weighted by molar-refractivity contribution is 5.95. The van der Waals surface area contributed by atoms with Crippen molar-refractivity contribution in [1.29, 1.82) is 0 Å². The highest BCUT2D eigenvalue weighted by Crippen LogP contribution is 2.26. The molecule has 4 heteroatoms. The van der Waals surface area contributed by atoms with E-state index in [1.54, 1.807) is 6.20 Å². The molecule has 0 aliphatic heterocycles. The van der Waals surface area contributed by atoms with Crippen LogP contribution in [0.2, 0.25) is 0 Å². The molecule has 0 atom stereocenters. The van der Waals surface area contributed by atoms with E-state index in [0.717, 1.165) is 40.0 Å². The number of hydrogen-bond acceptors (Lipinski definition) is 3. The van der Waals surface area contributed by atoms with Crippen molar-refractivity contribution >= 4 is 22.1 Å². The first-order chi connectivity index (χ1) is 8.24. The average Bonchev–Trinajstić information content (AvgIpc) is 2.29. The van der Waals surface area contributed by atoms with Gasteiger partial charge in [0.2, 0.25) is 0 Å². The van der Waals surface area contributed by atoms with Crippen molar-refractivity contribution in [2.75, 3.05) is 23.7 Å². The van der Waals surface area contributed by atoms with Gasteiger partial charge in [-0.2, -0.15) is 4.73 Å². The second-order valence-electron chi connectivity index (χ2n) is 3.89. The molecule has 4 nitrogen and oxygen atoms in total. The number of aromatic nitrogens is 1. The summed E-state index contributed by atoms with van der Waals surface area (Å²) in [6.07, 6.45) is 3.12. The number of hydrogen-bond donors (Lipinski definition) is 2. The lowest BCUT2D eigenvalue weighted by Crippen LogP contribution is -2.23. The third kappa shape index (κ3) is 2.41. The van der Waals surface area contributed by atoms with Gasteiger partial charge in [-0.05, 0) is 26.0 Å². The van der Waals surface area contributed by atoms with Crippen molar-refractivity contribution in [3.63, 3.8) is 0 Å². The average molecular weight is 231 g/mol. The minimum Gasteiger partial charge on any atom is -0.619 e. The topological polar surface area (TPSA) is 51.0 Å². The van der Waals surface area contributed by atoms with Gasteiger partial charge in [0.25, 0.3) is 0 Å². The Labute approximate surface area is 101 Å². The number of nitrogens with zero attached hydrogens (tertiary/aromatic N) is 1. The molecule has 1 heterocycles. The van der Waals surface area contributed by atoms with Gasteiger partial charge in [0.15, 0.2) is 12.4 Å². The molecule has 0 bridgehead atoms. The molecule has 2 rings (SSSR count). The van der Waals surface area contributed by atoms with Gasteiger partial charge >= 0.3 is 0 Å². The fraction of sp³-hybridized carbons (Fsp3) is 0.308. The molecule has 17 heavy (non-hydrogen) atoms. The van der Waals surface area contributed by atoms with Gasteiger partial charge in [-0.1, -0.05) is 0 Å². The lowest BCUT2D eigenvalue weighted by Gasteiger charge is -2.11. The molecule has 0 aliphatic carbocycles. The maximum atomic E-state index is 11.3. The molecule has 0 radical (unpaired) electrons. The molecular weight excluding hydrogens is 214 g/mol. The number of benzene rings is 1. The predicted molar refractivity (Wildman–Crippen MR) is 71.2 cm³/mol. The van der Waals surface area contributed by atoms with Gasteiger partial charge in [-0.15, -0.1) is 0 Å². The molecule has 0 spiro atoms. The number of rotatable bonds is 4. The van der Waals surface area contributed by atoms with E-state index in [1.165, 1.54) is 6.20 Å². The molecule has 0 saturated heterocycles. The minimum atomic E-state index is 0.827. The molecule has 1 aromatic carbocycles. The highest BCUT2D eigenvalue weighted by Gasteiger charge is 2.06. The van der Waals surface area contributed by atoms with Crippen molar-refractivity contribution in [2.24, 2.45) is 0 Å². The van der Waals surface area contributed by atoms with Gasteiger partial charge in [0.05, 0.1) is 5.39 Å². The van der Waals surface area contributed by atoms with Crippen molar-refractivity contribution < 1.29 is 4.73 Å². The predicted octanol–water partition coefficient (Wildman–Crippen LogP) is 2.34. The third-order valence-electron chi connectivity index (χ3n) is 2.61. The van der Waals surface area contributed by atoms with Crippen molar-refractivity contribution in [2.45, 2.75) is 13.8 Å². The standard InChI is InChI=1S/C13H17N3O/c1-3-14-11-7-10-9-16(17)6-5-12(10)13(8-11)15-4-2/h5-9,14-15H,3-4H2,1-2H3. The zero-order chi connectivity index (χ0) is 12.3. The third-order valence-corrected chi connectivity index (χ3v) is 2.61. The van der Waals surface area contributed by atoms with Crippen LogP contribution in [0.4, 0.5) is 11.4 Å². The summed E-state index contributed by atoms with van der Waals surface area (Å²) < 4.78 is 0.827. The van der Waals surface area contributed by atoms with Gasteiger partial charge in [0, 0.05) is 35.9 Å². The zero-order valence-electron chi connectivity index (χ0n) is 10.2. The van der Waals surface area contributed by atoms with Crippen LogP contribution in [0.25, 0.3) is 10.8 Å². The first-order valence-corrected chi connectivity index (χ1v) is 5.89. The largest absolute Gasteiger partial charge is 0.619 e. The minimum absolute atomic E-state index is 0.827. The molecule has 1 aromatic heterocycles. The SMILES string of the molecule is CCNc1cc(NCC)c2cc[n+]([O-])cc2c1. The smallest absolute Gasteiger partial charge is 0.188 e. The van der Waals surface area contributed by atoms with E-state index >= 15 is 0 Å². The summed E-state index contributed by atoms with van der Waals surface area (Å²) in [4.78, 5) is 0. The van der Waals surface area contributed by atoms with Gasteiger partial charge in [-0.25, -0.2) is 0 Å². The van der Waals surface area contributed by atoms with Crippen LogP contribution in [-0.2, 0) is 0 Å². The summed E-state index contributed by atoms with van der Waals surface area (Å²) in [6, 6.07) is 5.91. The van der Waals surface area contributed by atoms with Crippen LogP contribution in [0.1, 0.15) is 13.8 Å². The van der Waals surface area contributed by atoms with Crippen LogP contribution in [0.5, 0.6) is 0 Å². The molecule has 0 saturated carbocycles. The van der Waals surface area contributed by atoms with Gasteiger partial charge in [0.1, 0.15) is 0 Å². The number of pyridine rings is 1. The molecule has 0 aliphatic rings. The van der Waals surface area contributed by atoms with E-state index in [-0.39, 0.29) is 0 Å². The summed E-state index contributed by atoms with van der Waals surface area (Å²) in [5.74, 6) is 0. The molecular formula is C13H17N3O. The van der Waals surface area contributed by atoms with Crippen molar-refractivity contribution in [1.82, 2.24) is 0 Å². The van der Waals surface area contributed by atoms with Crippen LogP contribution < -0.4 is 15.4 Å². The van der Waals surface area contributed by atoms with Crippen LogP contribution >= 0.6 is 0 Å². The molecule has 0 amide bonds. The maximum Gasteiger partial charge on any atom is 0.188 e. The Hall–Kier alpha value is -1.97. The Bertz CT molecular complexity index is 525. The fourth-order valence-electron chi connectivity index (χ4n) is 1.94. The van der Waals surface area contributed by atoms with E-state index in [0.29, 0.717) is 0 Å². The summed E-state index contributed by atoms with van der Waals surface area (Å²) in [5, 5.41) is 19.9. The Morgan fingerprint density at radius 3 is 2.65 bits per heavy atom. The van der Waals surface area contributed by atoms with Crippen LogP contribution in [0, 0.1) is 5.21 Å².